The van der Waals surface area contributed by atoms with Crippen LogP contribution in [0.2, 0.25) is 0 Å². The van der Waals surface area contributed by atoms with Crippen molar-refractivity contribution in [1.29, 1.82) is 0 Å². The Bertz CT molecular complexity index is 503. The van der Waals surface area contributed by atoms with Gasteiger partial charge in [-0.15, -0.1) is 0 Å². The summed E-state index contributed by atoms with van der Waals surface area (Å²) in [5.41, 5.74) is 4.26. The first-order valence-electron chi connectivity index (χ1n) is 6.91. The van der Waals surface area contributed by atoms with E-state index in [2.05, 4.69) is 15.8 Å². The minimum absolute atomic E-state index is 0.259. The first-order valence-corrected chi connectivity index (χ1v) is 7.32. The van der Waals surface area contributed by atoms with E-state index in [1.54, 1.807) is 13.8 Å². The van der Waals surface area contributed by atoms with Gasteiger partial charge in [-0.1, -0.05) is 25.1 Å². The Labute approximate surface area is 130 Å². The van der Waals surface area contributed by atoms with Crippen LogP contribution in [0, 0.1) is 5.92 Å². The van der Waals surface area contributed by atoms with Gasteiger partial charge in [0.1, 0.15) is 0 Å². The van der Waals surface area contributed by atoms with Crippen LogP contribution in [0.4, 0.5) is 5.69 Å². The van der Waals surface area contributed by atoms with Gasteiger partial charge >= 0.3 is 5.97 Å². The highest BCUT2D eigenvalue weighted by Gasteiger charge is 2.20. The highest BCUT2D eigenvalue weighted by Crippen LogP contribution is 2.08. The number of hydrazone groups is 1. The number of carbonyl (C=O) groups is 1. The number of hydrogen-bond acceptors (Lipinski definition) is 4. The van der Waals surface area contributed by atoms with Gasteiger partial charge in [0, 0.05) is 11.4 Å². The minimum Gasteiger partial charge on any atom is -0.465 e. The number of anilines is 1. The van der Waals surface area contributed by atoms with Gasteiger partial charge in [-0.3, -0.25) is 10.2 Å². The number of ether oxygens (including phenoxy) is 1. The lowest BCUT2D eigenvalue weighted by Crippen LogP contribution is -2.29. The molecule has 1 atom stereocenters. The molecule has 0 aliphatic rings. The van der Waals surface area contributed by atoms with Crippen LogP contribution in [0.1, 0.15) is 27.2 Å². The Kier molecular flexibility index (Phi) is 7.39. The molecule has 0 radical (unpaired) electrons. The number of carbonyl (C=O) groups excluding carboxylic acids is 1. The van der Waals surface area contributed by atoms with Crippen molar-refractivity contribution in [2.75, 3.05) is 11.9 Å². The van der Waals surface area contributed by atoms with Gasteiger partial charge in [0.15, 0.2) is 5.11 Å². The standard InChI is InChI=1S/C15H21N3O2S/c1-4-13(14(19)20-5-2)11(3)17-18-15(21)16-12-9-7-6-8-10-12/h6-10,13H,4-5H2,1-3H3,(H2,16,18,21)/b17-11+. The molecule has 0 bridgehead atoms. The summed E-state index contributed by atoms with van der Waals surface area (Å²) in [6, 6.07) is 9.55. The van der Waals surface area contributed by atoms with Gasteiger partial charge in [0.2, 0.25) is 0 Å². The van der Waals surface area contributed by atoms with Crippen molar-refractivity contribution in [3.8, 4) is 0 Å². The molecule has 1 aromatic carbocycles. The van der Waals surface area contributed by atoms with E-state index < -0.39 is 0 Å². The third kappa shape index (κ3) is 5.91. The molecule has 1 aromatic rings. The first-order chi connectivity index (χ1) is 10.1. The number of nitrogens with one attached hydrogen (secondary N) is 2. The predicted molar refractivity (Wildman–Crippen MR) is 89.3 cm³/mol. The second-order valence-electron chi connectivity index (χ2n) is 4.40. The molecule has 0 spiro atoms. The summed E-state index contributed by atoms with van der Waals surface area (Å²) in [6.45, 7) is 5.85. The van der Waals surface area contributed by atoms with Gasteiger partial charge in [0.05, 0.1) is 12.5 Å². The maximum atomic E-state index is 11.8. The molecule has 0 heterocycles. The number of thiocarbonyl (C=S) groups is 1. The summed E-state index contributed by atoms with van der Waals surface area (Å²) >= 11 is 5.15. The Morgan fingerprint density at radius 1 is 1.33 bits per heavy atom. The molecule has 2 N–H and O–H groups in total. The summed E-state index contributed by atoms with van der Waals surface area (Å²) in [6.07, 6.45) is 0.634. The maximum absolute atomic E-state index is 11.8. The van der Waals surface area contributed by atoms with Crippen LogP contribution in [-0.2, 0) is 9.53 Å². The lowest BCUT2D eigenvalue weighted by atomic mass is 10.0. The molecule has 5 nitrogen and oxygen atoms in total. The van der Waals surface area contributed by atoms with E-state index in [0.717, 1.165) is 5.69 Å². The monoisotopic (exact) mass is 307 g/mol. The smallest absolute Gasteiger partial charge is 0.314 e. The molecule has 0 aliphatic heterocycles. The Balaban J connectivity index is 2.57. The van der Waals surface area contributed by atoms with Gasteiger partial charge in [-0.25, -0.2) is 0 Å². The number of nitrogens with zero attached hydrogens (tertiary/aromatic N) is 1. The summed E-state index contributed by atoms with van der Waals surface area (Å²) in [5.74, 6) is -0.609. The van der Waals surface area contributed by atoms with Crippen molar-refractivity contribution in [3.05, 3.63) is 30.3 Å². The van der Waals surface area contributed by atoms with Crippen LogP contribution < -0.4 is 10.7 Å². The molecule has 1 rings (SSSR count). The topological polar surface area (TPSA) is 62.7 Å². The van der Waals surface area contributed by atoms with Crippen molar-refractivity contribution < 1.29 is 9.53 Å². The van der Waals surface area contributed by atoms with E-state index in [1.807, 2.05) is 37.3 Å². The summed E-state index contributed by atoms with van der Waals surface area (Å²) in [4.78, 5) is 11.8. The van der Waals surface area contributed by atoms with E-state index in [0.29, 0.717) is 23.9 Å². The molecular weight excluding hydrogens is 286 g/mol. The number of para-hydroxylation sites is 1. The average molecular weight is 307 g/mol. The van der Waals surface area contributed by atoms with Gasteiger partial charge in [-0.2, -0.15) is 5.10 Å². The van der Waals surface area contributed by atoms with Gasteiger partial charge in [0.25, 0.3) is 0 Å². The van der Waals surface area contributed by atoms with Crippen LogP contribution in [-0.4, -0.2) is 23.4 Å². The molecule has 0 amide bonds. The third-order valence-electron chi connectivity index (χ3n) is 2.85. The van der Waals surface area contributed by atoms with Crippen LogP contribution >= 0.6 is 12.2 Å². The largest absolute Gasteiger partial charge is 0.465 e. The number of rotatable bonds is 6. The summed E-state index contributed by atoms with van der Waals surface area (Å²) in [5, 5.41) is 7.54. The van der Waals surface area contributed by atoms with Crippen LogP contribution in [0.3, 0.4) is 0 Å². The summed E-state index contributed by atoms with van der Waals surface area (Å²) < 4.78 is 5.02. The third-order valence-corrected chi connectivity index (χ3v) is 3.04. The van der Waals surface area contributed by atoms with Gasteiger partial charge in [-0.05, 0) is 44.6 Å². The average Bonchev–Trinajstić information content (AvgIpc) is 2.47. The highest BCUT2D eigenvalue weighted by molar-refractivity contribution is 7.80. The van der Waals surface area contributed by atoms with Crippen molar-refractivity contribution in [3.63, 3.8) is 0 Å². The molecule has 0 saturated heterocycles. The highest BCUT2D eigenvalue weighted by atomic mass is 32.1. The lowest BCUT2D eigenvalue weighted by Gasteiger charge is -2.14. The number of esters is 1. The normalized spacial score (nSPS) is 12.4. The number of benzene rings is 1. The zero-order valence-corrected chi connectivity index (χ0v) is 13.4. The minimum atomic E-state index is -0.350. The van der Waals surface area contributed by atoms with Gasteiger partial charge < -0.3 is 10.1 Å². The van der Waals surface area contributed by atoms with E-state index in [9.17, 15) is 4.79 Å². The van der Waals surface area contributed by atoms with Crippen molar-refractivity contribution in [1.82, 2.24) is 5.43 Å². The molecule has 0 aromatic heterocycles. The van der Waals surface area contributed by atoms with Crippen molar-refractivity contribution in [2.24, 2.45) is 11.0 Å². The van der Waals surface area contributed by atoms with Crippen LogP contribution in [0.25, 0.3) is 0 Å². The molecule has 1 unspecified atom stereocenters. The molecule has 21 heavy (non-hydrogen) atoms. The molecule has 0 aliphatic carbocycles. The quantitative estimate of drug-likeness (QED) is 0.366. The Morgan fingerprint density at radius 2 is 2.00 bits per heavy atom. The fraction of sp³-hybridized carbons (Fsp3) is 0.400. The van der Waals surface area contributed by atoms with Crippen LogP contribution in [0.5, 0.6) is 0 Å². The first kappa shape index (κ1) is 17.1. The van der Waals surface area contributed by atoms with E-state index >= 15 is 0 Å². The zero-order valence-electron chi connectivity index (χ0n) is 12.6. The predicted octanol–water partition coefficient (Wildman–Crippen LogP) is 2.94. The Hall–Kier alpha value is -1.95. The molecule has 0 saturated carbocycles. The van der Waals surface area contributed by atoms with E-state index in [1.165, 1.54) is 0 Å². The van der Waals surface area contributed by atoms with E-state index in [-0.39, 0.29) is 11.9 Å². The van der Waals surface area contributed by atoms with Crippen molar-refractivity contribution in [2.45, 2.75) is 27.2 Å². The SMILES string of the molecule is CCOC(=O)C(CC)/C(C)=N/NC(=S)Nc1ccccc1. The molecule has 6 heteroatoms. The van der Waals surface area contributed by atoms with Crippen molar-refractivity contribution >= 4 is 34.7 Å². The molecule has 0 fully saturated rings. The molecular formula is C15H21N3O2S. The lowest BCUT2D eigenvalue weighted by molar-refractivity contribution is -0.145. The van der Waals surface area contributed by atoms with Crippen LogP contribution in [0.15, 0.2) is 35.4 Å². The fourth-order valence-electron chi connectivity index (χ4n) is 1.77. The summed E-state index contributed by atoms with van der Waals surface area (Å²) in [7, 11) is 0. The zero-order chi connectivity index (χ0) is 15.7. The fourth-order valence-corrected chi connectivity index (χ4v) is 1.94. The van der Waals surface area contributed by atoms with E-state index in [4.69, 9.17) is 17.0 Å². The number of hydrogen-bond donors (Lipinski definition) is 2. The second-order valence-corrected chi connectivity index (χ2v) is 4.81. The second kappa shape index (κ2) is 9.07. The molecule has 114 valence electrons. The Morgan fingerprint density at radius 3 is 2.57 bits per heavy atom. The maximum Gasteiger partial charge on any atom is 0.314 e.